The van der Waals surface area contributed by atoms with Crippen LogP contribution in [0.1, 0.15) is 33.6 Å². The summed E-state index contributed by atoms with van der Waals surface area (Å²) in [6, 6.07) is 0.195. The van der Waals surface area contributed by atoms with Crippen molar-refractivity contribution in [2.24, 2.45) is 0 Å². The van der Waals surface area contributed by atoms with Gasteiger partial charge in [0.25, 0.3) is 0 Å². The Morgan fingerprint density at radius 2 is 2.06 bits per heavy atom. The smallest absolute Gasteiger partial charge is 0.248 e. The summed E-state index contributed by atoms with van der Waals surface area (Å²) < 4.78 is 5.66. The minimum Gasteiger partial charge on any atom is -0.395 e. The van der Waals surface area contributed by atoms with Crippen LogP contribution in [-0.2, 0) is 9.53 Å². The lowest BCUT2D eigenvalue weighted by Gasteiger charge is -2.39. The summed E-state index contributed by atoms with van der Waals surface area (Å²) in [7, 11) is 0. The van der Waals surface area contributed by atoms with Crippen molar-refractivity contribution in [3.8, 4) is 0 Å². The van der Waals surface area contributed by atoms with E-state index >= 15 is 0 Å². The van der Waals surface area contributed by atoms with Crippen molar-refractivity contribution in [1.82, 2.24) is 10.2 Å². The van der Waals surface area contributed by atoms with Crippen molar-refractivity contribution >= 4 is 5.91 Å². The zero-order valence-corrected chi connectivity index (χ0v) is 11.7. The number of hydrogen-bond donors (Lipinski definition) is 2. The van der Waals surface area contributed by atoms with Crippen molar-refractivity contribution in [2.75, 3.05) is 32.8 Å². The largest absolute Gasteiger partial charge is 0.395 e. The number of aliphatic hydroxyl groups excluding tert-OH is 1. The number of rotatable bonds is 8. The Morgan fingerprint density at radius 1 is 1.44 bits per heavy atom. The Bertz CT molecular complexity index is 263. The van der Waals surface area contributed by atoms with Crippen molar-refractivity contribution in [3.63, 3.8) is 0 Å². The first kappa shape index (κ1) is 15.4. The molecule has 0 atom stereocenters. The molecule has 0 aromatic heterocycles. The fourth-order valence-corrected chi connectivity index (χ4v) is 2.25. The Balaban J connectivity index is 2.47. The van der Waals surface area contributed by atoms with E-state index in [4.69, 9.17) is 9.84 Å². The second-order valence-corrected chi connectivity index (χ2v) is 5.12. The van der Waals surface area contributed by atoms with Gasteiger partial charge < -0.3 is 20.1 Å². The molecule has 1 rings (SSSR count). The van der Waals surface area contributed by atoms with Gasteiger partial charge in [-0.15, -0.1) is 0 Å². The number of nitrogens with one attached hydrogen (secondary N) is 1. The molecule has 1 aliphatic heterocycles. The van der Waals surface area contributed by atoms with Gasteiger partial charge in [0.05, 0.1) is 12.2 Å². The molecule has 106 valence electrons. The third-order valence-electron chi connectivity index (χ3n) is 3.59. The molecular weight excluding hydrogens is 232 g/mol. The van der Waals surface area contributed by atoms with Crippen LogP contribution in [0, 0.1) is 0 Å². The maximum atomic E-state index is 12.1. The van der Waals surface area contributed by atoms with E-state index < -0.39 is 0 Å². The topological polar surface area (TPSA) is 61.8 Å². The van der Waals surface area contributed by atoms with E-state index in [1.165, 1.54) is 0 Å². The number of carbonyl (C=O) groups excluding carboxylic acids is 1. The van der Waals surface area contributed by atoms with E-state index in [0.29, 0.717) is 6.54 Å². The molecule has 5 heteroatoms. The molecule has 0 saturated carbocycles. The van der Waals surface area contributed by atoms with Gasteiger partial charge in [0.2, 0.25) is 5.91 Å². The molecule has 1 amide bonds. The van der Waals surface area contributed by atoms with E-state index in [2.05, 4.69) is 19.2 Å². The summed E-state index contributed by atoms with van der Waals surface area (Å²) >= 11 is 0. The molecule has 1 fully saturated rings. The molecule has 0 aromatic carbocycles. The Labute approximate surface area is 109 Å². The predicted octanol–water partition coefficient (Wildman–Crippen LogP) is 0.374. The number of amides is 1. The molecule has 0 aromatic rings. The standard InChI is InChI=1S/C13H26N2O3/c1-4-11(5-2)15(6-7-16)12(17)8-18-13(3)9-14-10-13/h11,14,16H,4-10H2,1-3H3. The highest BCUT2D eigenvalue weighted by atomic mass is 16.5. The van der Waals surface area contributed by atoms with Gasteiger partial charge in [-0.25, -0.2) is 0 Å². The van der Waals surface area contributed by atoms with Crippen LogP contribution in [0.15, 0.2) is 0 Å². The lowest BCUT2D eigenvalue weighted by Crippen LogP contribution is -2.60. The van der Waals surface area contributed by atoms with Gasteiger partial charge in [-0.05, 0) is 19.8 Å². The molecule has 18 heavy (non-hydrogen) atoms. The summed E-state index contributed by atoms with van der Waals surface area (Å²) in [6.07, 6.45) is 1.81. The predicted molar refractivity (Wildman–Crippen MR) is 70.4 cm³/mol. The van der Waals surface area contributed by atoms with Gasteiger partial charge in [0, 0.05) is 25.7 Å². The van der Waals surface area contributed by atoms with Crippen molar-refractivity contribution in [3.05, 3.63) is 0 Å². The number of hydrogen-bond acceptors (Lipinski definition) is 4. The van der Waals surface area contributed by atoms with Gasteiger partial charge in [0.15, 0.2) is 0 Å². The van der Waals surface area contributed by atoms with E-state index in [-0.39, 0.29) is 30.8 Å². The van der Waals surface area contributed by atoms with E-state index in [1.54, 1.807) is 4.90 Å². The monoisotopic (exact) mass is 258 g/mol. The minimum atomic E-state index is -0.200. The van der Waals surface area contributed by atoms with E-state index in [1.807, 2.05) is 6.92 Å². The fourth-order valence-electron chi connectivity index (χ4n) is 2.25. The van der Waals surface area contributed by atoms with Gasteiger partial charge in [-0.1, -0.05) is 13.8 Å². The first-order valence-electron chi connectivity index (χ1n) is 6.81. The normalized spacial score (nSPS) is 17.6. The summed E-state index contributed by atoms with van der Waals surface area (Å²) in [6.45, 7) is 8.22. The molecule has 0 radical (unpaired) electrons. The van der Waals surface area contributed by atoms with Gasteiger partial charge in [-0.2, -0.15) is 0 Å². The molecule has 1 aliphatic rings. The van der Waals surface area contributed by atoms with Gasteiger partial charge in [0.1, 0.15) is 6.61 Å². The second kappa shape index (κ2) is 7.07. The highest BCUT2D eigenvalue weighted by Crippen LogP contribution is 2.16. The zero-order valence-electron chi connectivity index (χ0n) is 11.7. The highest BCUT2D eigenvalue weighted by molar-refractivity contribution is 5.77. The number of ether oxygens (including phenoxy) is 1. The molecule has 1 saturated heterocycles. The quantitative estimate of drug-likeness (QED) is 0.660. The number of carbonyl (C=O) groups is 1. The molecule has 0 unspecified atom stereocenters. The van der Waals surface area contributed by atoms with E-state index in [9.17, 15) is 4.79 Å². The molecule has 2 N–H and O–H groups in total. The lowest BCUT2D eigenvalue weighted by molar-refractivity contribution is -0.149. The second-order valence-electron chi connectivity index (χ2n) is 5.12. The number of nitrogens with zero attached hydrogens (tertiary/aromatic N) is 1. The zero-order chi connectivity index (χ0) is 13.6. The van der Waals surface area contributed by atoms with Crippen LogP contribution in [0.2, 0.25) is 0 Å². The number of aliphatic hydroxyl groups is 1. The summed E-state index contributed by atoms with van der Waals surface area (Å²) in [5.41, 5.74) is -0.200. The summed E-state index contributed by atoms with van der Waals surface area (Å²) in [5, 5.41) is 12.2. The fraction of sp³-hybridized carbons (Fsp3) is 0.923. The maximum Gasteiger partial charge on any atom is 0.248 e. The molecule has 1 heterocycles. The Hall–Kier alpha value is -0.650. The average Bonchev–Trinajstić information content (AvgIpc) is 2.34. The SMILES string of the molecule is CCC(CC)N(CCO)C(=O)COC1(C)CNC1. The summed E-state index contributed by atoms with van der Waals surface area (Å²) in [5.74, 6) is -0.0223. The van der Waals surface area contributed by atoms with Crippen LogP contribution in [0.3, 0.4) is 0 Å². The van der Waals surface area contributed by atoms with Crippen LogP contribution in [0.25, 0.3) is 0 Å². The van der Waals surface area contributed by atoms with Crippen LogP contribution in [0.5, 0.6) is 0 Å². The maximum absolute atomic E-state index is 12.1. The summed E-state index contributed by atoms with van der Waals surface area (Å²) in [4.78, 5) is 13.9. The van der Waals surface area contributed by atoms with Crippen molar-refractivity contribution < 1.29 is 14.6 Å². The first-order chi connectivity index (χ1) is 8.56. The van der Waals surface area contributed by atoms with Gasteiger partial charge >= 0.3 is 0 Å². The van der Waals surface area contributed by atoms with Crippen LogP contribution in [0.4, 0.5) is 0 Å². The molecular formula is C13H26N2O3. The van der Waals surface area contributed by atoms with Crippen LogP contribution in [-0.4, -0.2) is 60.4 Å². The molecule has 0 spiro atoms. The lowest BCUT2D eigenvalue weighted by atomic mass is 10.0. The molecule has 0 bridgehead atoms. The Morgan fingerprint density at radius 3 is 2.44 bits per heavy atom. The molecule has 0 aliphatic carbocycles. The molecule has 5 nitrogen and oxygen atoms in total. The van der Waals surface area contributed by atoms with E-state index in [0.717, 1.165) is 25.9 Å². The van der Waals surface area contributed by atoms with Gasteiger partial charge in [-0.3, -0.25) is 4.79 Å². The van der Waals surface area contributed by atoms with Crippen LogP contribution < -0.4 is 5.32 Å². The van der Waals surface area contributed by atoms with Crippen molar-refractivity contribution in [2.45, 2.75) is 45.3 Å². The Kier molecular flexibility index (Phi) is 6.05. The van der Waals surface area contributed by atoms with Crippen molar-refractivity contribution in [1.29, 1.82) is 0 Å². The third-order valence-corrected chi connectivity index (χ3v) is 3.59. The highest BCUT2D eigenvalue weighted by Gasteiger charge is 2.34. The van der Waals surface area contributed by atoms with Crippen LogP contribution >= 0.6 is 0 Å². The minimum absolute atomic E-state index is 0.00105. The third kappa shape index (κ3) is 3.93. The average molecular weight is 258 g/mol. The first-order valence-corrected chi connectivity index (χ1v) is 6.81.